The average molecular weight is 1990 g/mol. The van der Waals surface area contributed by atoms with Gasteiger partial charge in [0.25, 0.3) is 0 Å². The smallest absolute Gasteiger partial charge is 0.550 e. The molecular weight excluding hydrogens is 1790 g/mol. The number of carboxylic acids is 6. The summed E-state index contributed by atoms with van der Waals surface area (Å²) < 4.78 is 0. The molecule has 0 heterocycles. The van der Waals surface area contributed by atoms with Gasteiger partial charge in [0, 0.05) is 35.8 Å². The molecule has 0 aromatic heterocycles. The molecule has 0 bridgehead atoms. The number of allylic oxidation sites excluding steroid dienone is 12. The van der Waals surface area contributed by atoms with Crippen LogP contribution in [0.4, 0.5) is 0 Å². The van der Waals surface area contributed by atoms with Gasteiger partial charge in [0.1, 0.15) is 0 Å². The number of carbonyl (C=O) groups is 6. The normalized spacial score (nSPS) is 11.1. The van der Waals surface area contributed by atoms with Crippen molar-refractivity contribution in [2.24, 2.45) is 0 Å². The van der Waals surface area contributed by atoms with Gasteiger partial charge >= 0.3 is 81.7 Å². The van der Waals surface area contributed by atoms with Crippen molar-refractivity contribution in [3.63, 3.8) is 0 Å². The number of hydrogen-bond acceptors (Lipinski definition) is 12. The van der Waals surface area contributed by atoms with Crippen LogP contribution in [0, 0.1) is 81.7 Å². The van der Waals surface area contributed by atoms with Crippen LogP contribution in [0.2, 0.25) is 0 Å². The van der Waals surface area contributed by atoms with Crippen molar-refractivity contribution in [3.05, 3.63) is 72.9 Å². The maximum absolute atomic E-state index is 10.2. The minimum absolute atomic E-state index is 0. The molecule has 0 saturated heterocycles. The van der Waals surface area contributed by atoms with Crippen molar-refractivity contribution >= 4 is 35.8 Å². The molecule has 0 spiro atoms. The van der Waals surface area contributed by atoms with Crippen LogP contribution in [-0.4, -0.2) is 35.8 Å². The van der Waals surface area contributed by atoms with E-state index < -0.39 is 35.8 Å². The first-order valence-electron chi connectivity index (χ1n) is 51.7. The Kier molecular flexibility index (Phi) is 147. The van der Waals surface area contributed by atoms with Gasteiger partial charge in [0.2, 0.25) is 0 Å². The largest absolute Gasteiger partial charge is 3.00 e. The van der Waals surface area contributed by atoms with E-state index in [0.29, 0.717) is 0 Å². The number of aliphatic carboxylic acids is 6. The van der Waals surface area contributed by atoms with Crippen molar-refractivity contribution in [1.29, 1.82) is 0 Å². The van der Waals surface area contributed by atoms with E-state index in [0.717, 1.165) is 116 Å². The van der Waals surface area contributed by atoms with Gasteiger partial charge in [-0.3, -0.25) is 0 Å². The zero-order valence-corrected chi connectivity index (χ0v) is 86.5. The molecule has 714 valence electrons. The molecule has 0 aliphatic carbocycles. The predicted octanol–water partition coefficient (Wildman–Crippen LogP) is 28.6. The van der Waals surface area contributed by atoms with Crippen LogP contribution >= 0.6 is 0 Å². The van der Waals surface area contributed by atoms with Gasteiger partial charge < -0.3 is 59.4 Å². The number of rotatable bonds is 90. The summed E-state index contributed by atoms with van der Waals surface area (Å²) in [5, 5.41) is 61.3. The number of carbonyl (C=O) groups excluding carboxylic acids is 6. The quantitative estimate of drug-likeness (QED) is 0.0408. The Morgan fingerprint density at radius 1 is 0.139 bits per heavy atom. The third-order valence-electron chi connectivity index (χ3n) is 21.9. The first-order valence-corrected chi connectivity index (χ1v) is 51.7. The van der Waals surface area contributed by atoms with Gasteiger partial charge in [-0.15, -0.1) is 0 Å². The van der Waals surface area contributed by atoms with Crippen LogP contribution in [0.15, 0.2) is 72.9 Å². The Balaban J connectivity index is -0.000000212. The summed E-state index contributed by atoms with van der Waals surface area (Å²) in [5.74, 6) is -5.49. The topological polar surface area (TPSA) is 241 Å². The Morgan fingerprint density at radius 3 is 0.295 bits per heavy atom. The van der Waals surface area contributed by atoms with E-state index in [9.17, 15) is 59.4 Å². The van der Waals surface area contributed by atoms with Crippen LogP contribution < -0.4 is 30.6 Å². The predicted molar refractivity (Wildman–Crippen MR) is 507 cm³/mol. The van der Waals surface area contributed by atoms with E-state index in [-0.39, 0.29) is 120 Å². The van der Waals surface area contributed by atoms with Crippen LogP contribution in [-0.2, 0) is 28.8 Å². The van der Waals surface area contributed by atoms with Gasteiger partial charge in [-0.25, -0.2) is 0 Å². The first-order chi connectivity index (χ1) is 58.6. The molecule has 14 heteroatoms. The molecule has 0 aromatic carbocycles. The van der Waals surface area contributed by atoms with Crippen molar-refractivity contribution in [1.82, 2.24) is 0 Å². The molecule has 0 aliphatic heterocycles. The fourth-order valence-electron chi connectivity index (χ4n) is 14.0. The summed E-state index contributed by atoms with van der Waals surface area (Å²) in [5.41, 5.74) is 0. The molecule has 0 saturated carbocycles. The Bertz CT molecular complexity index is 1810. The van der Waals surface area contributed by atoms with E-state index in [4.69, 9.17) is 0 Å². The van der Waals surface area contributed by atoms with Crippen LogP contribution in [0.3, 0.4) is 0 Å². The maximum atomic E-state index is 10.2. The van der Waals surface area contributed by atoms with Gasteiger partial charge in [-0.05, 0) is 231 Å². The van der Waals surface area contributed by atoms with Crippen molar-refractivity contribution in [2.45, 2.75) is 581 Å². The minimum Gasteiger partial charge on any atom is -0.550 e. The minimum atomic E-state index is -0.914. The molecule has 2 radical (unpaired) electrons. The molecule has 0 aliphatic rings. The number of hydrogen-bond donors (Lipinski definition) is 0. The zero-order valence-electron chi connectivity index (χ0n) is 81.1. The summed E-state index contributed by atoms with van der Waals surface area (Å²) >= 11 is 0. The van der Waals surface area contributed by atoms with Crippen LogP contribution in [0.5, 0.6) is 0 Å². The standard InChI is InChI=1S/6C18H34O2.Ce.Gd/c6*1-2-3-4-5-6-7-8-9-10-11-12-13-14-15-16-17-18(19)20;;/h6*9-10H,2-8,11-17H2,1H3,(H,19,20);;/q;;;;;;2*+3/p-6/b6*10-9-;;. The Labute approximate surface area is 822 Å². The number of unbranched alkanes of at least 4 members (excludes halogenated alkanes) is 66. The van der Waals surface area contributed by atoms with Crippen molar-refractivity contribution < 1.29 is 141 Å². The monoisotopic (exact) mass is 1990 g/mol. The molecule has 0 fully saturated rings. The molecule has 122 heavy (non-hydrogen) atoms. The molecule has 0 amide bonds. The molecule has 0 atom stereocenters. The molecule has 0 rings (SSSR count). The fraction of sp³-hybridized carbons (Fsp3) is 0.833. The number of carboxylic acid groups (broad SMARTS) is 6. The van der Waals surface area contributed by atoms with Crippen molar-refractivity contribution in [2.75, 3.05) is 0 Å². The first kappa shape index (κ1) is 135. The van der Waals surface area contributed by atoms with E-state index in [1.165, 1.54) is 385 Å². The third kappa shape index (κ3) is 161. The summed E-state index contributed by atoms with van der Waals surface area (Å²) in [6, 6.07) is 0. The van der Waals surface area contributed by atoms with Crippen molar-refractivity contribution in [3.8, 4) is 0 Å². The van der Waals surface area contributed by atoms with E-state index >= 15 is 0 Å². The summed E-state index contributed by atoms with van der Waals surface area (Å²) in [6.07, 6.45) is 125. The average Bonchev–Trinajstić information content (AvgIpc) is 1.20. The molecular formula is C108H198CeGdO12. The van der Waals surface area contributed by atoms with Gasteiger partial charge in [0.05, 0.1) is 0 Å². The van der Waals surface area contributed by atoms with Crippen LogP contribution in [0.1, 0.15) is 581 Å². The molecule has 0 N–H and O–H groups in total. The van der Waals surface area contributed by atoms with Crippen LogP contribution in [0.25, 0.3) is 0 Å². The molecule has 0 aromatic rings. The summed E-state index contributed by atoms with van der Waals surface area (Å²) in [7, 11) is 0. The van der Waals surface area contributed by atoms with E-state index in [1.54, 1.807) is 0 Å². The molecule has 0 unspecified atom stereocenters. The fourth-order valence-corrected chi connectivity index (χ4v) is 14.0. The Hall–Kier alpha value is -2.04. The van der Waals surface area contributed by atoms with Gasteiger partial charge in [-0.1, -0.05) is 423 Å². The SMILES string of the molecule is CCCCCCCC/C=C\CCCCCCCC(=O)[O-].CCCCCCCC/C=C\CCCCCCCC(=O)[O-].CCCCCCCC/C=C\CCCCCCCC(=O)[O-].CCCCCCCC/C=C\CCCCCCCC(=O)[O-].CCCCCCCC/C=C\CCCCCCCC(=O)[O-].CCCCCCCC/C=C\CCCCCCCC(=O)[O-].[Ce+3].[Gd+3]. The summed E-state index contributed by atoms with van der Waals surface area (Å²) in [6.45, 7) is 13.5. The second-order valence-corrected chi connectivity index (χ2v) is 34.2. The Morgan fingerprint density at radius 2 is 0.213 bits per heavy atom. The van der Waals surface area contributed by atoms with Gasteiger partial charge in [-0.2, -0.15) is 0 Å². The summed E-state index contributed by atoms with van der Waals surface area (Å²) in [4.78, 5) is 61.3. The zero-order chi connectivity index (χ0) is 89.3. The molecule has 12 nitrogen and oxygen atoms in total. The van der Waals surface area contributed by atoms with E-state index in [1.807, 2.05) is 0 Å². The second-order valence-electron chi connectivity index (χ2n) is 34.2. The van der Waals surface area contributed by atoms with Gasteiger partial charge in [0.15, 0.2) is 0 Å². The maximum Gasteiger partial charge on any atom is 3.00 e. The van der Waals surface area contributed by atoms with E-state index in [2.05, 4.69) is 114 Å². The third-order valence-corrected chi connectivity index (χ3v) is 21.9. The second kappa shape index (κ2) is 132.